The second-order valence-electron chi connectivity index (χ2n) is 6.22. The highest BCUT2D eigenvalue weighted by molar-refractivity contribution is 6.35. The minimum Gasteiger partial charge on any atom is -0.396 e. The average molecular weight is 407 g/mol. The molecule has 0 unspecified atom stereocenters. The van der Waals surface area contributed by atoms with E-state index in [4.69, 9.17) is 11.6 Å². The van der Waals surface area contributed by atoms with Crippen LogP contribution in [0.4, 0.5) is 13.2 Å². The number of benzene rings is 2. The molecule has 0 fully saturated rings. The highest BCUT2D eigenvalue weighted by Crippen LogP contribution is 2.35. The second-order valence-corrected chi connectivity index (χ2v) is 6.62. The zero-order chi connectivity index (χ0) is 19.9. The van der Waals surface area contributed by atoms with E-state index in [0.29, 0.717) is 33.6 Å². The van der Waals surface area contributed by atoms with Crippen molar-refractivity contribution in [2.75, 3.05) is 6.61 Å². The highest BCUT2D eigenvalue weighted by atomic mass is 35.5. The van der Waals surface area contributed by atoms with Gasteiger partial charge in [-0.05, 0) is 24.3 Å². The molecular weight excluding hydrogens is 393 g/mol. The van der Waals surface area contributed by atoms with Crippen molar-refractivity contribution in [3.63, 3.8) is 0 Å². The highest BCUT2D eigenvalue weighted by Gasteiger charge is 2.33. The smallest absolute Gasteiger partial charge is 0.396 e. The van der Waals surface area contributed by atoms with Gasteiger partial charge < -0.3 is 5.11 Å². The lowest BCUT2D eigenvalue weighted by atomic mass is 9.98. The third-order valence-electron chi connectivity index (χ3n) is 4.46. The lowest BCUT2D eigenvalue weighted by Crippen LogP contribution is -2.13. The number of aliphatic hydroxyl groups is 1. The fourth-order valence-electron chi connectivity index (χ4n) is 3.21. The molecule has 0 saturated heterocycles. The first-order valence-corrected chi connectivity index (χ1v) is 8.83. The first kappa shape index (κ1) is 18.6. The van der Waals surface area contributed by atoms with Gasteiger partial charge in [0.15, 0.2) is 5.82 Å². The van der Waals surface area contributed by atoms with E-state index in [1.165, 1.54) is 6.07 Å². The fourth-order valence-corrected chi connectivity index (χ4v) is 3.44. The second kappa shape index (κ2) is 7.03. The molecule has 1 aliphatic heterocycles. The predicted octanol–water partition coefficient (Wildman–Crippen LogP) is 3.83. The van der Waals surface area contributed by atoms with Gasteiger partial charge in [0, 0.05) is 22.6 Å². The standard InChI is InChI=1S/C19H14ClF3N4O/c20-14-4-2-1-3-12(14)18-13-9-11(19(21,22)23)5-6-15(13)27-16(7-8-28)25-26-17(27)10-24-18/h1-6,9,28H,7-8,10H2. The van der Waals surface area contributed by atoms with Gasteiger partial charge in [0.1, 0.15) is 12.4 Å². The molecule has 2 heterocycles. The molecule has 0 bridgehead atoms. The lowest BCUT2D eigenvalue weighted by Gasteiger charge is -2.16. The Labute approximate surface area is 163 Å². The number of fused-ring (bicyclic) bond motifs is 3. The Hall–Kier alpha value is -2.71. The summed E-state index contributed by atoms with van der Waals surface area (Å²) in [6.45, 7) is -0.0403. The van der Waals surface area contributed by atoms with Crippen LogP contribution in [0.2, 0.25) is 5.02 Å². The van der Waals surface area contributed by atoms with E-state index in [-0.39, 0.29) is 25.1 Å². The monoisotopic (exact) mass is 406 g/mol. The van der Waals surface area contributed by atoms with Crippen molar-refractivity contribution < 1.29 is 18.3 Å². The minimum atomic E-state index is -4.50. The van der Waals surface area contributed by atoms with E-state index in [1.807, 2.05) is 0 Å². The van der Waals surface area contributed by atoms with Crippen LogP contribution in [0.1, 0.15) is 28.3 Å². The number of aromatic nitrogens is 3. The zero-order valence-electron chi connectivity index (χ0n) is 14.4. The summed E-state index contributed by atoms with van der Waals surface area (Å²) in [6, 6.07) is 10.3. The van der Waals surface area contributed by atoms with Crippen LogP contribution < -0.4 is 0 Å². The molecule has 3 aromatic rings. The number of halogens is 4. The van der Waals surface area contributed by atoms with Crippen molar-refractivity contribution in [2.45, 2.75) is 19.1 Å². The van der Waals surface area contributed by atoms with Crippen molar-refractivity contribution in [2.24, 2.45) is 4.99 Å². The molecule has 0 saturated carbocycles. The third-order valence-corrected chi connectivity index (χ3v) is 4.79. The molecule has 144 valence electrons. The van der Waals surface area contributed by atoms with Gasteiger partial charge in [0.05, 0.1) is 23.6 Å². The summed E-state index contributed by atoms with van der Waals surface area (Å²) >= 11 is 6.30. The molecule has 4 rings (SSSR count). The van der Waals surface area contributed by atoms with Crippen molar-refractivity contribution >= 4 is 17.3 Å². The Bertz CT molecular complexity index is 1080. The molecule has 5 nitrogen and oxygen atoms in total. The molecule has 0 aliphatic carbocycles. The Morgan fingerprint density at radius 3 is 2.57 bits per heavy atom. The molecule has 0 amide bonds. The van der Waals surface area contributed by atoms with Crippen LogP contribution in [0.5, 0.6) is 0 Å². The molecule has 9 heteroatoms. The number of hydrogen-bond donors (Lipinski definition) is 1. The number of nitrogens with zero attached hydrogens (tertiary/aromatic N) is 4. The van der Waals surface area contributed by atoms with Gasteiger partial charge in [-0.2, -0.15) is 13.2 Å². The molecule has 28 heavy (non-hydrogen) atoms. The summed E-state index contributed by atoms with van der Waals surface area (Å²) < 4.78 is 41.8. The van der Waals surface area contributed by atoms with Crippen LogP contribution in [0.25, 0.3) is 5.69 Å². The van der Waals surface area contributed by atoms with Gasteiger partial charge in [0.2, 0.25) is 0 Å². The Balaban J connectivity index is 2.00. The SMILES string of the molecule is OCCc1nnc2n1-c1ccc(C(F)(F)F)cc1C(c1ccccc1Cl)=NC2. The van der Waals surface area contributed by atoms with Crippen LogP contribution in [0, 0.1) is 0 Å². The Kier molecular flexibility index (Phi) is 4.68. The van der Waals surface area contributed by atoms with Crippen LogP contribution >= 0.6 is 11.6 Å². The molecular formula is C19H14ClF3N4O. The topological polar surface area (TPSA) is 63.3 Å². The van der Waals surface area contributed by atoms with Crippen LogP contribution in [0.3, 0.4) is 0 Å². The lowest BCUT2D eigenvalue weighted by molar-refractivity contribution is -0.137. The molecule has 0 radical (unpaired) electrons. The number of alkyl halides is 3. The summed E-state index contributed by atoms with van der Waals surface area (Å²) in [4.78, 5) is 4.51. The van der Waals surface area contributed by atoms with Gasteiger partial charge in [-0.1, -0.05) is 29.8 Å². The quantitative estimate of drug-likeness (QED) is 0.719. The largest absolute Gasteiger partial charge is 0.416 e. The van der Waals surface area contributed by atoms with Crippen LogP contribution in [0.15, 0.2) is 47.5 Å². The third kappa shape index (κ3) is 3.18. The van der Waals surface area contributed by atoms with Gasteiger partial charge in [-0.3, -0.25) is 9.56 Å². The maximum Gasteiger partial charge on any atom is 0.416 e. The van der Waals surface area contributed by atoms with Crippen LogP contribution in [-0.4, -0.2) is 32.2 Å². The molecule has 1 aliphatic rings. The van der Waals surface area contributed by atoms with E-state index in [1.54, 1.807) is 28.8 Å². The first-order valence-electron chi connectivity index (χ1n) is 8.45. The van der Waals surface area contributed by atoms with E-state index < -0.39 is 11.7 Å². The van der Waals surface area contributed by atoms with Crippen molar-refractivity contribution in [1.82, 2.24) is 14.8 Å². The van der Waals surface area contributed by atoms with E-state index in [2.05, 4.69) is 15.2 Å². The number of aliphatic hydroxyl groups excluding tert-OH is 1. The molecule has 0 spiro atoms. The van der Waals surface area contributed by atoms with Gasteiger partial charge >= 0.3 is 6.18 Å². The molecule has 2 aromatic carbocycles. The van der Waals surface area contributed by atoms with Gasteiger partial charge in [-0.15, -0.1) is 10.2 Å². The van der Waals surface area contributed by atoms with E-state index in [9.17, 15) is 18.3 Å². The van der Waals surface area contributed by atoms with E-state index in [0.717, 1.165) is 12.1 Å². The summed E-state index contributed by atoms with van der Waals surface area (Å²) in [5.74, 6) is 0.931. The first-order chi connectivity index (χ1) is 13.4. The van der Waals surface area contributed by atoms with Crippen LogP contribution in [-0.2, 0) is 19.1 Å². The normalized spacial score (nSPS) is 13.5. The molecule has 0 atom stereocenters. The zero-order valence-corrected chi connectivity index (χ0v) is 15.2. The minimum absolute atomic E-state index is 0.120. The van der Waals surface area contributed by atoms with Gasteiger partial charge in [-0.25, -0.2) is 0 Å². The summed E-state index contributed by atoms with van der Waals surface area (Å²) in [7, 11) is 0. The van der Waals surface area contributed by atoms with Crippen molar-refractivity contribution in [1.29, 1.82) is 0 Å². The number of rotatable bonds is 3. The average Bonchev–Trinajstić information content (AvgIpc) is 2.97. The maximum absolute atomic E-state index is 13.4. The summed E-state index contributed by atoms with van der Waals surface area (Å²) in [5, 5.41) is 17.8. The van der Waals surface area contributed by atoms with Crippen molar-refractivity contribution in [3.8, 4) is 5.69 Å². The Morgan fingerprint density at radius 2 is 1.86 bits per heavy atom. The maximum atomic E-state index is 13.4. The Morgan fingerprint density at radius 1 is 1.07 bits per heavy atom. The predicted molar refractivity (Wildman–Crippen MR) is 97.9 cm³/mol. The molecule has 1 N–H and O–H groups in total. The summed E-state index contributed by atoms with van der Waals surface area (Å²) in [5.41, 5.74) is 0.846. The van der Waals surface area contributed by atoms with Gasteiger partial charge in [0.25, 0.3) is 0 Å². The van der Waals surface area contributed by atoms with E-state index >= 15 is 0 Å². The molecule has 1 aromatic heterocycles. The fraction of sp³-hybridized carbons (Fsp3) is 0.211. The number of aliphatic imine (C=N–C) groups is 1. The van der Waals surface area contributed by atoms with Crippen molar-refractivity contribution in [3.05, 3.63) is 75.8 Å². The number of hydrogen-bond acceptors (Lipinski definition) is 4. The summed E-state index contributed by atoms with van der Waals surface area (Å²) in [6.07, 6.45) is -4.29.